The van der Waals surface area contributed by atoms with Crippen LogP contribution in [0.2, 0.25) is 0 Å². The molecule has 0 amide bonds. The van der Waals surface area contributed by atoms with Gasteiger partial charge in [-0.15, -0.1) is 0 Å². The number of aryl methyl sites for hydroxylation is 4. The van der Waals surface area contributed by atoms with Gasteiger partial charge in [-0.3, -0.25) is 0 Å². The maximum atomic E-state index is 6.28. The Morgan fingerprint density at radius 2 is 1.52 bits per heavy atom. The lowest BCUT2D eigenvalue weighted by atomic mass is 9.98. The lowest BCUT2D eigenvalue weighted by Gasteiger charge is -2.16. The molecule has 0 bridgehead atoms. The summed E-state index contributed by atoms with van der Waals surface area (Å²) in [5.74, 6) is 1.04. The van der Waals surface area contributed by atoms with Crippen LogP contribution in [0.5, 0.6) is 5.75 Å². The second kappa shape index (κ2) is 6.45. The van der Waals surface area contributed by atoms with Crippen LogP contribution in [0.1, 0.15) is 34.7 Å². The molecule has 0 atom stereocenters. The van der Waals surface area contributed by atoms with Gasteiger partial charge < -0.3 is 4.74 Å². The summed E-state index contributed by atoms with van der Waals surface area (Å²) in [6.07, 6.45) is 0.978. The van der Waals surface area contributed by atoms with E-state index >= 15 is 0 Å². The van der Waals surface area contributed by atoms with Crippen LogP contribution in [-0.2, 0) is 13.0 Å². The lowest BCUT2D eigenvalue weighted by Crippen LogP contribution is -2.00. The third-order valence-electron chi connectivity index (χ3n) is 4.40. The van der Waals surface area contributed by atoms with Crippen molar-refractivity contribution < 1.29 is 4.74 Å². The van der Waals surface area contributed by atoms with E-state index in [2.05, 4.69) is 76.2 Å². The zero-order chi connectivity index (χ0) is 16.4. The fraction of sp³-hybridized carbons (Fsp3) is 0.273. The number of hydrogen-bond donors (Lipinski definition) is 0. The molecule has 0 heterocycles. The van der Waals surface area contributed by atoms with Crippen LogP contribution < -0.4 is 4.74 Å². The summed E-state index contributed by atoms with van der Waals surface area (Å²) in [5, 5.41) is 2.51. The summed E-state index contributed by atoms with van der Waals surface area (Å²) >= 11 is 0. The van der Waals surface area contributed by atoms with Crippen LogP contribution in [0.3, 0.4) is 0 Å². The number of ether oxygens (including phenoxy) is 1. The zero-order valence-electron chi connectivity index (χ0n) is 14.4. The van der Waals surface area contributed by atoms with Crippen molar-refractivity contribution in [2.45, 2.75) is 40.7 Å². The minimum Gasteiger partial charge on any atom is -0.488 e. The van der Waals surface area contributed by atoms with Gasteiger partial charge in [0.15, 0.2) is 0 Å². The molecule has 1 nitrogen and oxygen atoms in total. The molecule has 0 aliphatic rings. The normalized spacial score (nSPS) is 11.0. The Morgan fingerprint density at radius 1 is 0.783 bits per heavy atom. The Bertz CT molecular complexity index is 829. The number of hydrogen-bond acceptors (Lipinski definition) is 1. The molecule has 0 unspecified atom stereocenters. The van der Waals surface area contributed by atoms with E-state index in [-0.39, 0.29) is 0 Å². The van der Waals surface area contributed by atoms with E-state index in [4.69, 9.17) is 4.74 Å². The minimum absolute atomic E-state index is 0.610. The Kier molecular flexibility index (Phi) is 4.38. The Morgan fingerprint density at radius 3 is 2.22 bits per heavy atom. The topological polar surface area (TPSA) is 9.23 Å². The summed E-state index contributed by atoms with van der Waals surface area (Å²) in [7, 11) is 0. The van der Waals surface area contributed by atoms with Gasteiger partial charge in [-0.1, -0.05) is 60.5 Å². The molecular formula is C22H24O. The average Bonchev–Trinajstić information content (AvgIpc) is 2.54. The average molecular weight is 304 g/mol. The molecule has 3 aromatic rings. The van der Waals surface area contributed by atoms with Crippen LogP contribution in [0.4, 0.5) is 0 Å². The van der Waals surface area contributed by atoms with Crippen LogP contribution in [0.25, 0.3) is 10.8 Å². The predicted molar refractivity (Wildman–Crippen MR) is 98.3 cm³/mol. The van der Waals surface area contributed by atoms with E-state index < -0.39 is 0 Å². The van der Waals surface area contributed by atoms with Crippen molar-refractivity contribution in [3.05, 3.63) is 76.3 Å². The van der Waals surface area contributed by atoms with Gasteiger partial charge in [-0.2, -0.15) is 0 Å². The first-order valence-corrected chi connectivity index (χ1v) is 8.29. The fourth-order valence-corrected chi connectivity index (χ4v) is 3.11. The van der Waals surface area contributed by atoms with Gasteiger partial charge in [-0.05, 0) is 55.3 Å². The Labute approximate surface area is 138 Å². The predicted octanol–water partition coefficient (Wildman–Crippen LogP) is 5.91. The molecular weight excluding hydrogens is 280 g/mol. The summed E-state index contributed by atoms with van der Waals surface area (Å²) in [6, 6.07) is 17.5. The van der Waals surface area contributed by atoms with Gasteiger partial charge in [0.2, 0.25) is 0 Å². The second-order valence-electron chi connectivity index (χ2n) is 6.36. The molecule has 0 aliphatic heterocycles. The first-order chi connectivity index (χ1) is 11.1. The first kappa shape index (κ1) is 15.6. The fourth-order valence-electron chi connectivity index (χ4n) is 3.11. The molecule has 0 radical (unpaired) electrons. The number of benzene rings is 3. The second-order valence-corrected chi connectivity index (χ2v) is 6.36. The van der Waals surface area contributed by atoms with E-state index in [1.807, 2.05) is 0 Å². The monoisotopic (exact) mass is 304 g/mol. The molecule has 0 N–H and O–H groups in total. The van der Waals surface area contributed by atoms with Crippen LogP contribution >= 0.6 is 0 Å². The van der Waals surface area contributed by atoms with Crippen molar-refractivity contribution in [2.24, 2.45) is 0 Å². The van der Waals surface area contributed by atoms with Crippen molar-refractivity contribution in [1.82, 2.24) is 0 Å². The standard InChI is InChI=1S/C22H24O/c1-5-19-10-11-20-17(4)12-16(3)13-21(20)22(19)23-14-18-8-6-15(2)7-9-18/h6-13H,5,14H2,1-4H3. The molecule has 0 saturated carbocycles. The third kappa shape index (κ3) is 3.24. The quantitative estimate of drug-likeness (QED) is 0.582. The smallest absolute Gasteiger partial charge is 0.130 e. The molecule has 3 aromatic carbocycles. The highest BCUT2D eigenvalue weighted by Crippen LogP contribution is 2.33. The zero-order valence-corrected chi connectivity index (χ0v) is 14.4. The maximum Gasteiger partial charge on any atom is 0.130 e. The van der Waals surface area contributed by atoms with E-state index in [1.165, 1.54) is 38.6 Å². The van der Waals surface area contributed by atoms with Crippen molar-refractivity contribution in [2.75, 3.05) is 0 Å². The van der Waals surface area contributed by atoms with Gasteiger partial charge in [0, 0.05) is 5.39 Å². The van der Waals surface area contributed by atoms with Crippen molar-refractivity contribution in [1.29, 1.82) is 0 Å². The molecule has 23 heavy (non-hydrogen) atoms. The highest BCUT2D eigenvalue weighted by molar-refractivity contribution is 5.92. The molecule has 0 aliphatic carbocycles. The minimum atomic E-state index is 0.610. The van der Waals surface area contributed by atoms with E-state index in [1.54, 1.807) is 0 Å². The van der Waals surface area contributed by atoms with E-state index in [9.17, 15) is 0 Å². The van der Waals surface area contributed by atoms with Gasteiger partial charge in [0.1, 0.15) is 12.4 Å². The Balaban J connectivity index is 2.02. The molecule has 0 aromatic heterocycles. The van der Waals surface area contributed by atoms with Crippen LogP contribution in [0.15, 0.2) is 48.5 Å². The summed E-state index contributed by atoms with van der Waals surface area (Å²) in [5.41, 5.74) is 6.35. The highest BCUT2D eigenvalue weighted by atomic mass is 16.5. The molecule has 0 spiro atoms. The third-order valence-corrected chi connectivity index (χ3v) is 4.40. The highest BCUT2D eigenvalue weighted by Gasteiger charge is 2.10. The van der Waals surface area contributed by atoms with E-state index in [0.29, 0.717) is 6.61 Å². The van der Waals surface area contributed by atoms with Gasteiger partial charge >= 0.3 is 0 Å². The first-order valence-electron chi connectivity index (χ1n) is 8.29. The summed E-state index contributed by atoms with van der Waals surface area (Å²) in [4.78, 5) is 0. The summed E-state index contributed by atoms with van der Waals surface area (Å²) < 4.78 is 6.28. The van der Waals surface area contributed by atoms with Gasteiger partial charge in [0.05, 0.1) is 0 Å². The van der Waals surface area contributed by atoms with Gasteiger partial charge in [0.25, 0.3) is 0 Å². The molecule has 3 rings (SSSR count). The molecule has 0 saturated heterocycles. The van der Waals surface area contributed by atoms with E-state index in [0.717, 1.165) is 12.2 Å². The summed E-state index contributed by atoms with van der Waals surface area (Å²) in [6.45, 7) is 9.22. The number of rotatable bonds is 4. The maximum absolute atomic E-state index is 6.28. The molecule has 118 valence electrons. The Hall–Kier alpha value is -2.28. The van der Waals surface area contributed by atoms with Gasteiger partial charge in [-0.25, -0.2) is 0 Å². The molecule has 0 fully saturated rings. The SMILES string of the molecule is CCc1ccc2c(C)cc(C)cc2c1OCc1ccc(C)cc1. The van der Waals surface area contributed by atoms with Crippen molar-refractivity contribution in [3.63, 3.8) is 0 Å². The molecule has 1 heteroatoms. The van der Waals surface area contributed by atoms with Crippen LogP contribution in [-0.4, -0.2) is 0 Å². The lowest BCUT2D eigenvalue weighted by molar-refractivity contribution is 0.307. The van der Waals surface area contributed by atoms with Crippen molar-refractivity contribution >= 4 is 10.8 Å². The van der Waals surface area contributed by atoms with Crippen molar-refractivity contribution in [3.8, 4) is 5.75 Å². The van der Waals surface area contributed by atoms with Crippen LogP contribution in [0, 0.1) is 20.8 Å². The number of fused-ring (bicyclic) bond motifs is 1. The largest absolute Gasteiger partial charge is 0.488 e.